The number of hydrogen-bond acceptors (Lipinski definition) is 8. The maximum Gasteiger partial charge on any atom is 0.240 e. The molecule has 0 spiro atoms. The summed E-state index contributed by atoms with van der Waals surface area (Å²) in [5, 5.41) is 6.32. The molecule has 4 heterocycles. The summed E-state index contributed by atoms with van der Waals surface area (Å²) in [7, 11) is 0. The van der Waals surface area contributed by atoms with Crippen LogP contribution in [-0.2, 0) is 16.1 Å². The molecule has 41 heavy (non-hydrogen) atoms. The number of rotatable bonds is 8. The number of morpholine rings is 1. The van der Waals surface area contributed by atoms with Crippen molar-refractivity contribution < 1.29 is 9.53 Å². The van der Waals surface area contributed by atoms with Gasteiger partial charge in [0.2, 0.25) is 11.9 Å². The zero-order valence-electron chi connectivity index (χ0n) is 23.2. The summed E-state index contributed by atoms with van der Waals surface area (Å²) in [5.74, 6) is 1.10. The summed E-state index contributed by atoms with van der Waals surface area (Å²) >= 11 is 6.13. The average Bonchev–Trinajstić information content (AvgIpc) is 3.45. The van der Waals surface area contributed by atoms with E-state index in [2.05, 4.69) is 44.4 Å². The van der Waals surface area contributed by atoms with E-state index in [1.165, 1.54) is 5.69 Å². The number of carbonyl (C=O) groups excluding carboxylic acids is 1. The van der Waals surface area contributed by atoms with E-state index in [4.69, 9.17) is 31.3 Å². The number of piperidine rings is 1. The summed E-state index contributed by atoms with van der Waals surface area (Å²) in [4.78, 5) is 31.3. The number of halogens is 1. The van der Waals surface area contributed by atoms with Crippen LogP contribution in [0.4, 0.5) is 23.1 Å². The maximum atomic E-state index is 12.6. The van der Waals surface area contributed by atoms with Crippen LogP contribution < -0.4 is 15.5 Å². The minimum absolute atomic E-state index is 0.0384. The second-order valence-electron chi connectivity index (χ2n) is 10.5. The zero-order chi connectivity index (χ0) is 28.2. The highest BCUT2D eigenvalue weighted by Crippen LogP contribution is 2.30. The molecule has 11 heteroatoms. The standard InChI is InChI=1S/C30H35ClN8O2/c1-21(31)29(40)38-13-5-8-25(19-38)39-20-33-26-27(32-18-22-6-3-2-4-7-22)35-30(36-28(26)39)34-23-9-11-24(12-10-23)37-14-16-41-17-15-37/h2-4,6-7,9-12,20-21,25H,5,8,13-19H2,1H3,(H2,32,34,35,36)/t21?,25-/m0/s1. The molecule has 2 aromatic heterocycles. The number of alkyl halides is 1. The molecule has 2 saturated heterocycles. The van der Waals surface area contributed by atoms with Crippen molar-refractivity contribution in [3.05, 3.63) is 66.5 Å². The van der Waals surface area contributed by atoms with Crippen LogP contribution in [0.15, 0.2) is 60.9 Å². The van der Waals surface area contributed by atoms with Gasteiger partial charge in [0.1, 0.15) is 5.38 Å². The molecule has 2 aromatic carbocycles. The van der Waals surface area contributed by atoms with Crippen molar-refractivity contribution in [2.24, 2.45) is 0 Å². The number of imidazole rings is 1. The highest BCUT2D eigenvalue weighted by atomic mass is 35.5. The molecule has 2 N–H and O–H groups in total. The Labute approximate surface area is 244 Å². The third-order valence-electron chi connectivity index (χ3n) is 7.67. The number of nitrogens with zero attached hydrogens (tertiary/aromatic N) is 6. The van der Waals surface area contributed by atoms with Crippen LogP contribution in [0.2, 0.25) is 0 Å². The van der Waals surface area contributed by atoms with Gasteiger partial charge in [-0.05, 0) is 49.6 Å². The number of hydrogen-bond donors (Lipinski definition) is 2. The first-order chi connectivity index (χ1) is 20.0. The van der Waals surface area contributed by atoms with Crippen LogP contribution in [0, 0.1) is 0 Å². The lowest BCUT2D eigenvalue weighted by molar-refractivity contribution is -0.132. The van der Waals surface area contributed by atoms with Crippen LogP contribution >= 0.6 is 11.6 Å². The van der Waals surface area contributed by atoms with E-state index in [0.29, 0.717) is 36.9 Å². The number of benzene rings is 2. The van der Waals surface area contributed by atoms with Gasteiger partial charge in [-0.2, -0.15) is 9.97 Å². The lowest BCUT2D eigenvalue weighted by Gasteiger charge is -2.34. The Kier molecular flexibility index (Phi) is 8.20. The lowest BCUT2D eigenvalue weighted by atomic mass is 10.1. The van der Waals surface area contributed by atoms with Crippen molar-refractivity contribution >= 4 is 51.8 Å². The number of amides is 1. The Balaban J connectivity index is 1.29. The number of anilines is 4. The van der Waals surface area contributed by atoms with Gasteiger partial charge in [0, 0.05) is 44.1 Å². The zero-order valence-corrected chi connectivity index (χ0v) is 23.9. The number of fused-ring (bicyclic) bond motifs is 1. The molecule has 4 aromatic rings. The monoisotopic (exact) mass is 574 g/mol. The highest BCUT2D eigenvalue weighted by Gasteiger charge is 2.28. The highest BCUT2D eigenvalue weighted by molar-refractivity contribution is 6.30. The summed E-state index contributed by atoms with van der Waals surface area (Å²) in [6.07, 6.45) is 3.63. The molecule has 10 nitrogen and oxygen atoms in total. The number of likely N-dealkylation sites (tertiary alicyclic amines) is 1. The van der Waals surface area contributed by atoms with E-state index < -0.39 is 5.38 Å². The summed E-state index contributed by atoms with van der Waals surface area (Å²) in [6.45, 7) is 6.89. The van der Waals surface area contributed by atoms with Gasteiger partial charge in [0.05, 0.1) is 25.6 Å². The molecule has 0 aliphatic carbocycles. The van der Waals surface area contributed by atoms with Crippen molar-refractivity contribution in [3.8, 4) is 0 Å². The Morgan fingerprint density at radius 1 is 1.07 bits per heavy atom. The molecule has 0 saturated carbocycles. The molecule has 0 bridgehead atoms. The molecule has 0 radical (unpaired) electrons. The summed E-state index contributed by atoms with van der Waals surface area (Å²) in [5.41, 5.74) is 4.63. The number of aromatic nitrogens is 4. The van der Waals surface area contributed by atoms with Crippen molar-refractivity contribution in [2.75, 3.05) is 54.9 Å². The summed E-state index contributed by atoms with van der Waals surface area (Å²) in [6, 6.07) is 18.5. The normalized spacial score (nSPS) is 18.3. The van der Waals surface area contributed by atoms with Gasteiger partial charge >= 0.3 is 0 Å². The van der Waals surface area contributed by atoms with E-state index in [-0.39, 0.29) is 11.9 Å². The predicted octanol–water partition coefficient (Wildman–Crippen LogP) is 4.81. The van der Waals surface area contributed by atoms with Gasteiger partial charge in [-0.3, -0.25) is 4.79 Å². The van der Waals surface area contributed by atoms with Crippen LogP contribution in [0.3, 0.4) is 0 Å². The first-order valence-electron chi connectivity index (χ1n) is 14.2. The van der Waals surface area contributed by atoms with Gasteiger partial charge in [-0.25, -0.2) is 4.98 Å². The molecule has 1 amide bonds. The fraction of sp³-hybridized carbons (Fsp3) is 0.400. The van der Waals surface area contributed by atoms with E-state index in [9.17, 15) is 4.79 Å². The third kappa shape index (κ3) is 6.23. The second-order valence-corrected chi connectivity index (χ2v) is 11.2. The van der Waals surface area contributed by atoms with Crippen LogP contribution in [0.5, 0.6) is 0 Å². The van der Waals surface area contributed by atoms with Gasteiger partial charge in [0.15, 0.2) is 17.0 Å². The molecule has 6 rings (SSSR count). The van der Waals surface area contributed by atoms with E-state index in [0.717, 1.165) is 56.0 Å². The lowest BCUT2D eigenvalue weighted by Crippen LogP contribution is -2.43. The first-order valence-corrected chi connectivity index (χ1v) is 14.6. The molecular formula is C30H35ClN8O2. The van der Waals surface area contributed by atoms with Crippen LogP contribution in [0.1, 0.15) is 31.4 Å². The van der Waals surface area contributed by atoms with E-state index in [1.807, 2.05) is 41.6 Å². The second kappa shape index (κ2) is 12.3. The van der Waals surface area contributed by atoms with Crippen LogP contribution in [-0.4, -0.2) is 75.1 Å². The topological polar surface area (TPSA) is 100 Å². The third-order valence-corrected chi connectivity index (χ3v) is 7.85. The number of nitrogens with one attached hydrogen (secondary N) is 2. The quantitative estimate of drug-likeness (QED) is 0.289. The fourth-order valence-corrected chi connectivity index (χ4v) is 5.62. The van der Waals surface area contributed by atoms with E-state index >= 15 is 0 Å². The molecule has 2 fully saturated rings. The van der Waals surface area contributed by atoms with Gasteiger partial charge in [-0.15, -0.1) is 11.6 Å². The summed E-state index contributed by atoms with van der Waals surface area (Å²) < 4.78 is 7.56. The predicted molar refractivity (Wildman–Crippen MR) is 162 cm³/mol. The number of ether oxygens (including phenoxy) is 1. The molecule has 2 atom stereocenters. The minimum atomic E-state index is -0.546. The van der Waals surface area contributed by atoms with Crippen LogP contribution in [0.25, 0.3) is 11.2 Å². The van der Waals surface area contributed by atoms with Crippen molar-refractivity contribution in [3.63, 3.8) is 0 Å². The van der Waals surface area contributed by atoms with Crippen molar-refractivity contribution in [1.29, 1.82) is 0 Å². The molecular weight excluding hydrogens is 540 g/mol. The Bertz CT molecular complexity index is 1470. The van der Waals surface area contributed by atoms with Crippen molar-refractivity contribution in [1.82, 2.24) is 24.4 Å². The maximum absolute atomic E-state index is 12.6. The molecule has 214 valence electrons. The number of carbonyl (C=O) groups is 1. The van der Waals surface area contributed by atoms with E-state index in [1.54, 1.807) is 6.92 Å². The average molecular weight is 575 g/mol. The van der Waals surface area contributed by atoms with Gasteiger partial charge in [-0.1, -0.05) is 30.3 Å². The SMILES string of the molecule is CC(Cl)C(=O)N1CCC[C@H](n2cnc3c(NCc4ccccc4)nc(Nc4ccc(N5CCOCC5)cc4)nc32)C1. The largest absolute Gasteiger partial charge is 0.378 e. The molecule has 1 unspecified atom stereocenters. The minimum Gasteiger partial charge on any atom is -0.378 e. The first kappa shape index (κ1) is 27.3. The Morgan fingerprint density at radius 2 is 1.85 bits per heavy atom. The van der Waals surface area contributed by atoms with Gasteiger partial charge in [0.25, 0.3) is 0 Å². The Morgan fingerprint density at radius 3 is 2.61 bits per heavy atom. The fourth-order valence-electron chi connectivity index (χ4n) is 5.48. The van der Waals surface area contributed by atoms with Crippen molar-refractivity contribution in [2.45, 2.75) is 37.7 Å². The Hall–Kier alpha value is -3.89. The van der Waals surface area contributed by atoms with Gasteiger partial charge < -0.3 is 29.7 Å². The molecule has 2 aliphatic heterocycles. The smallest absolute Gasteiger partial charge is 0.240 e. The molecule has 2 aliphatic rings.